The van der Waals surface area contributed by atoms with Gasteiger partial charge in [0.25, 0.3) is 0 Å². The van der Waals surface area contributed by atoms with Gasteiger partial charge in [0.15, 0.2) is 0 Å². The molecule has 0 amide bonds. The summed E-state index contributed by atoms with van der Waals surface area (Å²) in [6.45, 7) is 0. The molecule has 0 aliphatic rings. The predicted octanol–water partition coefficient (Wildman–Crippen LogP) is 1.16. The second-order valence-electron chi connectivity index (χ2n) is 2.65. The summed E-state index contributed by atoms with van der Waals surface area (Å²) in [6, 6.07) is 5.70. The number of benzene rings is 1. The highest BCUT2D eigenvalue weighted by Gasteiger charge is 1.84. The van der Waals surface area contributed by atoms with E-state index in [1.54, 1.807) is 0 Å². The Balaban J connectivity index is -0.0000000695. The summed E-state index contributed by atoms with van der Waals surface area (Å²) in [6.07, 6.45) is -7.33. The monoisotopic (exact) mass is 376 g/mol. The van der Waals surface area contributed by atoms with E-state index in [1.165, 1.54) is 24.3 Å². The highest BCUT2D eigenvalue weighted by molar-refractivity contribution is 5.54. The van der Waals surface area contributed by atoms with Gasteiger partial charge < -0.3 is 56.5 Å². The first-order valence-electron chi connectivity index (χ1n) is 4.87. The molecule has 15 nitrogen and oxygen atoms in total. The molecule has 1 rings (SSSR count). The van der Waals surface area contributed by atoms with Crippen LogP contribution < -0.4 is 0 Å². The van der Waals surface area contributed by atoms with E-state index in [4.69, 9.17) is 70.2 Å². The normalized spacial score (nSPS) is 6.72. The van der Waals surface area contributed by atoms with Crippen LogP contribution in [0.25, 0.3) is 0 Å². The first kappa shape index (κ1) is 32.7. The van der Waals surface area contributed by atoms with Crippen LogP contribution >= 0.6 is 0 Å². The van der Waals surface area contributed by atoms with Crippen LogP contribution in [-0.2, 0) is 0 Å². The maximum Gasteiger partial charge on any atom is 0.503 e. The molecular weight excluding hydrogens is 360 g/mol. The summed E-state index contributed by atoms with van der Waals surface area (Å²) in [5.74, 6) is 0.339. The average Bonchev–Trinajstić information content (AvgIpc) is 2.30. The largest absolute Gasteiger partial charge is 0.508 e. The number of phenols is 2. The van der Waals surface area contributed by atoms with Crippen LogP contribution in [0, 0.1) is 0 Å². The first-order valence-corrected chi connectivity index (χ1v) is 4.87. The first-order chi connectivity index (χ1) is 10.7. The van der Waals surface area contributed by atoms with Crippen molar-refractivity contribution in [1.29, 1.82) is 0 Å². The van der Waals surface area contributed by atoms with Crippen LogP contribution in [0.5, 0.6) is 11.5 Å². The van der Waals surface area contributed by atoms with Crippen molar-refractivity contribution in [2.45, 2.75) is 0 Å². The Bertz CT molecular complexity index is 395. The third kappa shape index (κ3) is 184. The summed E-state index contributed by atoms with van der Waals surface area (Å²) in [5, 5.41) is 73.1. The topological polar surface area (TPSA) is 302 Å². The lowest BCUT2D eigenvalue weighted by molar-refractivity contribution is 0.135. The lowest BCUT2D eigenvalue weighted by atomic mass is 10.3. The quantitative estimate of drug-likeness (QED) is 0.284. The van der Waals surface area contributed by atoms with Crippen LogP contribution in [0.4, 0.5) is 19.2 Å². The van der Waals surface area contributed by atoms with E-state index in [2.05, 4.69) is 0 Å². The lowest BCUT2D eigenvalue weighted by Gasteiger charge is -1.88. The maximum absolute atomic E-state index is 8.65. The molecular formula is C10H16O15. The van der Waals surface area contributed by atoms with Crippen molar-refractivity contribution in [3.8, 4) is 11.5 Å². The molecule has 12 N–H and O–H groups in total. The Kier molecular flexibility index (Phi) is 29.0. The molecule has 0 aliphatic carbocycles. The Hall–Kier alpha value is -4.14. The van der Waals surface area contributed by atoms with Crippen LogP contribution in [0.3, 0.4) is 0 Å². The molecule has 0 spiro atoms. The number of aromatic hydroxyl groups is 2. The molecule has 1 aromatic rings. The Morgan fingerprint density at radius 2 is 0.560 bits per heavy atom. The van der Waals surface area contributed by atoms with Gasteiger partial charge in [0.2, 0.25) is 0 Å². The minimum Gasteiger partial charge on any atom is -0.508 e. The van der Waals surface area contributed by atoms with Gasteiger partial charge in [-0.05, 0) is 24.3 Å². The second-order valence-corrected chi connectivity index (χ2v) is 2.65. The van der Waals surface area contributed by atoms with Crippen molar-refractivity contribution < 1.29 is 75.7 Å². The van der Waals surface area contributed by atoms with Gasteiger partial charge in [0, 0.05) is 0 Å². The van der Waals surface area contributed by atoms with Gasteiger partial charge in [0.1, 0.15) is 11.5 Å². The molecule has 0 heterocycles. The summed E-state index contributed by atoms with van der Waals surface area (Å²) >= 11 is 0. The van der Waals surface area contributed by atoms with E-state index >= 15 is 0 Å². The van der Waals surface area contributed by atoms with Crippen molar-refractivity contribution in [3.05, 3.63) is 24.3 Å². The van der Waals surface area contributed by atoms with E-state index in [9.17, 15) is 0 Å². The molecule has 0 bridgehead atoms. The summed E-state index contributed by atoms with van der Waals surface area (Å²) in [7, 11) is 0. The fraction of sp³-hybridized carbons (Fsp3) is 0. The van der Waals surface area contributed by atoms with Crippen LogP contribution in [0.15, 0.2) is 24.3 Å². The number of carbonyl (C=O) groups is 4. The number of carboxylic acid groups (broad SMARTS) is 8. The van der Waals surface area contributed by atoms with Gasteiger partial charge in [-0.1, -0.05) is 0 Å². The van der Waals surface area contributed by atoms with Crippen molar-refractivity contribution >= 4 is 24.6 Å². The number of rotatable bonds is 0. The van der Waals surface area contributed by atoms with Gasteiger partial charge in [-0.15, -0.1) is 0 Å². The zero-order valence-corrected chi connectivity index (χ0v) is 11.9. The van der Waals surface area contributed by atoms with E-state index in [0.29, 0.717) is 0 Å². The Morgan fingerprint density at radius 1 is 0.480 bits per heavy atom. The summed E-state index contributed by atoms with van der Waals surface area (Å²) in [4.78, 5) is 34.2. The molecule has 0 fully saturated rings. The van der Waals surface area contributed by atoms with Crippen LogP contribution in [0.2, 0.25) is 0 Å². The molecule has 1 aromatic carbocycles. The van der Waals surface area contributed by atoms with Gasteiger partial charge >= 0.3 is 24.6 Å². The molecule has 146 valence electrons. The Morgan fingerprint density at radius 3 is 0.640 bits per heavy atom. The van der Waals surface area contributed by atoms with E-state index in [0.717, 1.165) is 0 Å². The third-order valence-corrected chi connectivity index (χ3v) is 0.850. The molecule has 0 atom stereocenters. The summed E-state index contributed by atoms with van der Waals surface area (Å²) in [5.41, 5.74) is 0. The standard InChI is InChI=1S/C6H6O2.4CH2O3.H2O/c7-5-1-2-6(8)4-3-5;4*2-1(3)4;/h1-4,7-8H;4*(H2,2,3,4);1H2. The Labute approximate surface area is 137 Å². The number of phenolic OH excluding ortho intramolecular Hbond substituents is 2. The van der Waals surface area contributed by atoms with Gasteiger partial charge in [-0.2, -0.15) is 0 Å². The lowest BCUT2D eigenvalue weighted by Crippen LogP contribution is -1.81. The van der Waals surface area contributed by atoms with Crippen molar-refractivity contribution in [2.24, 2.45) is 0 Å². The highest BCUT2D eigenvalue weighted by atomic mass is 16.6. The van der Waals surface area contributed by atoms with Crippen molar-refractivity contribution in [1.82, 2.24) is 0 Å². The summed E-state index contributed by atoms with van der Waals surface area (Å²) < 4.78 is 0. The molecule has 0 saturated carbocycles. The second kappa shape index (κ2) is 22.1. The molecule has 0 aliphatic heterocycles. The average molecular weight is 376 g/mol. The highest BCUT2D eigenvalue weighted by Crippen LogP contribution is 2.13. The molecule has 0 radical (unpaired) electrons. The fourth-order valence-electron chi connectivity index (χ4n) is 0.453. The van der Waals surface area contributed by atoms with E-state index in [-0.39, 0.29) is 17.0 Å². The third-order valence-electron chi connectivity index (χ3n) is 0.850. The van der Waals surface area contributed by atoms with Crippen LogP contribution in [-0.4, -0.2) is 81.2 Å². The minimum atomic E-state index is -1.83. The van der Waals surface area contributed by atoms with E-state index < -0.39 is 24.6 Å². The zero-order chi connectivity index (χ0) is 20.3. The van der Waals surface area contributed by atoms with E-state index in [1.807, 2.05) is 0 Å². The molecule has 0 unspecified atom stereocenters. The fourth-order valence-corrected chi connectivity index (χ4v) is 0.453. The molecule has 0 saturated heterocycles. The SMILES string of the molecule is O.O=C(O)O.O=C(O)O.O=C(O)O.O=C(O)O.Oc1ccc(O)cc1. The molecule has 15 heteroatoms. The van der Waals surface area contributed by atoms with Gasteiger partial charge in [0.05, 0.1) is 0 Å². The minimum absolute atomic E-state index is 0. The smallest absolute Gasteiger partial charge is 0.503 e. The number of hydrogen-bond donors (Lipinski definition) is 10. The van der Waals surface area contributed by atoms with Gasteiger partial charge in [-0.3, -0.25) is 0 Å². The molecule has 25 heavy (non-hydrogen) atoms. The molecule has 0 aromatic heterocycles. The number of hydrogen-bond acceptors (Lipinski definition) is 6. The predicted molar refractivity (Wildman–Crippen MR) is 76.0 cm³/mol. The van der Waals surface area contributed by atoms with Crippen molar-refractivity contribution in [3.63, 3.8) is 0 Å². The zero-order valence-electron chi connectivity index (χ0n) is 11.9. The maximum atomic E-state index is 8.65. The van der Waals surface area contributed by atoms with Crippen molar-refractivity contribution in [2.75, 3.05) is 0 Å². The van der Waals surface area contributed by atoms with Gasteiger partial charge in [-0.25, -0.2) is 19.2 Å². The van der Waals surface area contributed by atoms with Crippen LogP contribution in [0.1, 0.15) is 0 Å².